The smallest absolute Gasteiger partial charge is 0.759 e. The maximum atomic E-state index is 8.52. The first-order chi connectivity index (χ1) is 5.83. The van der Waals surface area contributed by atoms with Crippen molar-refractivity contribution < 1.29 is 45.5 Å². The standard InChI is InChI=1S/2C2H8N2.Cu.H2O4S.2H2O/c2*3-1-2-4;;1-5(2,3)4;;/h2*1-4H2;;(H2,1,2,3,4);2*1H2/q;;+2;;;/p-2. The summed E-state index contributed by atoms with van der Waals surface area (Å²) in [6, 6.07) is 0. The van der Waals surface area contributed by atoms with Crippen LogP contribution in [0.5, 0.6) is 0 Å². The molecule has 12 heteroatoms. The van der Waals surface area contributed by atoms with Gasteiger partial charge >= 0.3 is 17.1 Å². The van der Waals surface area contributed by atoms with Gasteiger partial charge in [0.05, 0.1) is 0 Å². The molecule has 0 aromatic carbocycles. The summed E-state index contributed by atoms with van der Waals surface area (Å²) >= 11 is 0. The fourth-order valence-corrected chi connectivity index (χ4v) is 0. The van der Waals surface area contributed by atoms with Crippen molar-refractivity contribution in [2.75, 3.05) is 26.2 Å². The van der Waals surface area contributed by atoms with Crippen molar-refractivity contribution in [1.82, 2.24) is 0 Å². The minimum absolute atomic E-state index is 0. The first-order valence-electron chi connectivity index (χ1n) is 3.30. The van der Waals surface area contributed by atoms with Crippen LogP contribution in [0.25, 0.3) is 0 Å². The van der Waals surface area contributed by atoms with Crippen molar-refractivity contribution >= 4 is 10.4 Å². The van der Waals surface area contributed by atoms with Crippen LogP contribution in [0.3, 0.4) is 0 Å². The molecule has 0 saturated carbocycles. The fraction of sp³-hybridized carbons (Fsp3) is 1.00. The molecule has 109 valence electrons. The van der Waals surface area contributed by atoms with Crippen LogP contribution in [0, 0.1) is 0 Å². The van der Waals surface area contributed by atoms with Crippen LogP contribution in [0.1, 0.15) is 0 Å². The largest absolute Gasteiger partial charge is 2.00 e. The van der Waals surface area contributed by atoms with Crippen LogP contribution < -0.4 is 22.9 Å². The van der Waals surface area contributed by atoms with Gasteiger partial charge in [0.15, 0.2) is 0 Å². The quantitative estimate of drug-likeness (QED) is 0.217. The Morgan fingerprint density at radius 1 is 0.750 bits per heavy atom. The molecule has 10 nitrogen and oxygen atoms in total. The van der Waals surface area contributed by atoms with Gasteiger partial charge in [0.1, 0.15) is 0 Å². The Morgan fingerprint density at radius 2 is 0.812 bits per heavy atom. The van der Waals surface area contributed by atoms with Gasteiger partial charge in [0, 0.05) is 36.6 Å². The first kappa shape index (κ1) is 36.0. The maximum Gasteiger partial charge on any atom is 2.00 e. The van der Waals surface area contributed by atoms with Gasteiger partial charge in [-0.1, -0.05) is 0 Å². The minimum Gasteiger partial charge on any atom is -0.759 e. The Kier molecular flexibility index (Phi) is 66.2. The normalized spacial score (nSPS) is 7.38. The molecule has 0 amide bonds. The molecule has 0 atom stereocenters. The van der Waals surface area contributed by atoms with Crippen molar-refractivity contribution in [2.45, 2.75) is 0 Å². The zero-order valence-electron chi connectivity index (χ0n) is 8.48. The SMILES string of the molecule is NCCN.NCCN.O.O.O=S(=O)([O-])[O-].[Cu+2]. The Balaban J connectivity index is -0.0000000216. The molecule has 0 rings (SSSR count). The van der Waals surface area contributed by atoms with E-state index in [1.54, 1.807) is 0 Å². The van der Waals surface area contributed by atoms with Gasteiger partial charge in [-0.05, 0) is 0 Å². The molecule has 0 unspecified atom stereocenters. The van der Waals surface area contributed by atoms with E-state index in [-0.39, 0.29) is 28.0 Å². The van der Waals surface area contributed by atoms with Crippen molar-refractivity contribution in [3.05, 3.63) is 0 Å². The number of hydrogen-bond donors (Lipinski definition) is 4. The Morgan fingerprint density at radius 3 is 0.812 bits per heavy atom. The summed E-state index contributed by atoms with van der Waals surface area (Å²) in [5, 5.41) is 0. The van der Waals surface area contributed by atoms with Gasteiger partial charge < -0.3 is 43.0 Å². The Labute approximate surface area is 105 Å². The molecule has 0 bridgehead atoms. The van der Waals surface area contributed by atoms with Crippen LogP contribution >= 0.6 is 0 Å². The van der Waals surface area contributed by atoms with Gasteiger partial charge in [0.2, 0.25) is 0 Å². The predicted octanol–water partition coefficient (Wildman–Crippen LogP) is -5.18. The molecule has 0 spiro atoms. The molecule has 0 fully saturated rings. The summed E-state index contributed by atoms with van der Waals surface area (Å²) in [5.41, 5.74) is 19.6. The third kappa shape index (κ3) is 530. The second-order valence-electron chi connectivity index (χ2n) is 1.56. The van der Waals surface area contributed by atoms with E-state index in [9.17, 15) is 0 Å². The van der Waals surface area contributed by atoms with Crippen molar-refractivity contribution in [3.8, 4) is 0 Å². The summed E-state index contributed by atoms with van der Waals surface area (Å²) < 4.78 is 34.1. The third-order valence-corrected chi connectivity index (χ3v) is 0.333. The molecule has 0 heterocycles. The number of nitrogens with two attached hydrogens (primary N) is 4. The second kappa shape index (κ2) is 29.4. The molecular weight excluding hydrogens is 296 g/mol. The topological polar surface area (TPSA) is 247 Å². The van der Waals surface area contributed by atoms with Gasteiger partial charge in [-0.2, -0.15) is 0 Å². The molecule has 0 aliphatic rings. The molecule has 1 radical (unpaired) electrons. The van der Waals surface area contributed by atoms with E-state index in [0.29, 0.717) is 26.2 Å². The van der Waals surface area contributed by atoms with Gasteiger partial charge in [-0.25, -0.2) is 0 Å². The summed E-state index contributed by atoms with van der Waals surface area (Å²) in [7, 11) is -5.17. The van der Waals surface area contributed by atoms with Crippen LogP contribution in [0.15, 0.2) is 0 Å². The zero-order chi connectivity index (χ0) is 11.3. The Bertz CT molecular complexity index is 152. The van der Waals surface area contributed by atoms with Crippen LogP contribution in [-0.4, -0.2) is 54.7 Å². The fourth-order valence-electron chi connectivity index (χ4n) is 0. The average molecular weight is 316 g/mol. The minimum atomic E-state index is -5.17. The second-order valence-corrected chi connectivity index (χ2v) is 2.38. The number of hydrogen-bond acceptors (Lipinski definition) is 8. The van der Waals surface area contributed by atoms with E-state index < -0.39 is 10.4 Å². The average Bonchev–Trinajstić information content (AvgIpc) is 2.01. The summed E-state index contributed by atoms with van der Waals surface area (Å²) in [6.45, 7) is 2.39. The molecule has 0 aromatic rings. The van der Waals surface area contributed by atoms with E-state index in [1.165, 1.54) is 0 Å². The van der Waals surface area contributed by atoms with Crippen LogP contribution in [0.4, 0.5) is 0 Å². The summed E-state index contributed by atoms with van der Waals surface area (Å²) in [5.74, 6) is 0. The van der Waals surface area contributed by atoms with E-state index in [4.69, 9.17) is 40.5 Å². The van der Waals surface area contributed by atoms with Crippen molar-refractivity contribution in [1.29, 1.82) is 0 Å². The van der Waals surface area contributed by atoms with Crippen molar-refractivity contribution in [3.63, 3.8) is 0 Å². The Hall–Kier alpha value is 0.149. The van der Waals surface area contributed by atoms with E-state index in [2.05, 4.69) is 0 Å². The molecule has 12 N–H and O–H groups in total. The predicted molar refractivity (Wildman–Crippen MR) is 53.9 cm³/mol. The van der Waals surface area contributed by atoms with Gasteiger partial charge in [-0.3, -0.25) is 8.42 Å². The van der Waals surface area contributed by atoms with Crippen LogP contribution in [-0.2, 0) is 27.5 Å². The molecule has 0 saturated heterocycles. The van der Waals surface area contributed by atoms with Gasteiger partial charge in [-0.15, -0.1) is 0 Å². The monoisotopic (exact) mass is 315 g/mol. The van der Waals surface area contributed by atoms with Gasteiger partial charge in [0.25, 0.3) is 0 Å². The summed E-state index contributed by atoms with van der Waals surface area (Å²) in [6.07, 6.45) is 0. The van der Waals surface area contributed by atoms with Crippen molar-refractivity contribution in [2.24, 2.45) is 22.9 Å². The first-order valence-corrected chi connectivity index (χ1v) is 4.63. The molecular formula is C4H20CuN4O6S. The zero-order valence-corrected chi connectivity index (χ0v) is 10.2. The third-order valence-electron chi connectivity index (χ3n) is 0.333. The molecule has 0 aliphatic carbocycles. The van der Waals surface area contributed by atoms with E-state index in [1.807, 2.05) is 0 Å². The van der Waals surface area contributed by atoms with E-state index >= 15 is 0 Å². The van der Waals surface area contributed by atoms with E-state index in [0.717, 1.165) is 0 Å². The van der Waals surface area contributed by atoms with Crippen LogP contribution in [0.2, 0.25) is 0 Å². The number of rotatable bonds is 2. The maximum absolute atomic E-state index is 8.52. The molecule has 0 aliphatic heterocycles. The summed E-state index contributed by atoms with van der Waals surface area (Å²) in [4.78, 5) is 0. The molecule has 16 heavy (non-hydrogen) atoms. The molecule has 0 aromatic heterocycles.